The molecule has 0 saturated heterocycles. The fourth-order valence-corrected chi connectivity index (χ4v) is 4.58. The summed E-state index contributed by atoms with van der Waals surface area (Å²) in [6, 6.07) is 22.6. The Bertz CT molecular complexity index is 1450. The second kappa shape index (κ2) is 13.3. The Morgan fingerprint density at radius 1 is 0.950 bits per heavy atom. The summed E-state index contributed by atoms with van der Waals surface area (Å²) in [6.45, 7) is 7.44. The highest BCUT2D eigenvalue weighted by molar-refractivity contribution is 7.86. The van der Waals surface area contributed by atoms with Gasteiger partial charge in [0.15, 0.2) is 0 Å². The summed E-state index contributed by atoms with van der Waals surface area (Å²) in [5.41, 5.74) is 2.51. The van der Waals surface area contributed by atoms with Gasteiger partial charge in [-0.15, -0.1) is 0 Å². The molecule has 0 spiro atoms. The second-order valence-electron chi connectivity index (χ2n) is 10.2. The highest BCUT2D eigenvalue weighted by atomic mass is 32.2. The van der Waals surface area contributed by atoms with Gasteiger partial charge in [0, 0.05) is 19.2 Å². The van der Waals surface area contributed by atoms with Gasteiger partial charge in [-0.05, 0) is 87.4 Å². The molecule has 40 heavy (non-hydrogen) atoms. The third-order valence-electron chi connectivity index (χ3n) is 5.65. The molecule has 1 amide bonds. The Morgan fingerprint density at radius 2 is 1.50 bits per heavy atom. The molecule has 3 aromatic rings. The van der Waals surface area contributed by atoms with Gasteiger partial charge in [0.1, 0.15) is 11.4 Å². The van der Waals surface area contributed by atoms with E-state index in [4.69, 9.17) is 18.9 Å². The van der Waals surface area contributed by atoms with E-state index < -0.39 is 27.9 Å². The van der Waals surface area contributed by atoms with Crippen molar-refractivity contribution in [2.75, 3.05) is 18.6 Å². The van der Waals surface area contributed by atoms with Crippen LogP contribution in [-0.2, 0) is 19.0 Å². The Hall–Kier alpha value is -4.13. The highest BCUT2D eigenvalue weighted by Crippen LogP contribution is 2.20. The zero-order chi connectivity index (χ0) is 29.3. The maximum atomic E-state index is 12.4. The van der Waals surface area contributed by atoms with Gasteiger partial charge in [-0.2, -0.15) is 13.7 Å². The molecular formula is C31H34N2O6S. The number of nitrogens with zero attached hydrogens (tertiary/aromatic N) is 2. The molecular weight excluding hydrogens is 528 g/mol. The molecule has 3 aromatic carbocycles. The molecule has 0 aliphatic heterocycles. The Kier molecular flexibility index (Phi) is 10.1. The minimum absolute atomic E-state index is 0.00647. The number of anilines is 1. The Labute approximate surface area is 236 Å². The van der Waals surface area contributed by atoms with Crippen molar-refractivity contribution < 1.29 is 26.9 Å². The normalized spacial score (nSPS) is 12.5. The van der Waals surface area contributed by atoms with Crippen molar-refractivity contribution in [1.29, 1.82) is 5.26 Å². The minimum atomic E-state index is -3.93. The summed E-state index contributed by atoms with van der Waals surface area (Å²) in [4.78, 5) is 13.7. The molecule has 1 unspecified atom stereocenters. The average Bonchev–Trinajstić information content (AvgIpc) is 2.91. The topological polar surface area (TPSA) is 106 Å². The molecule has 0 fully saturated rings. The molecule has 0 aliphatic rings. The SMILES string of the molecule is CC(CCOc1ccc(/C=C/c2ccc(N(C)C(=O)OC(C)(C)C)cc2)cc1)OS(=O)(=O)c1ccc(C#N)cc1. The Morgan fingerprint density at radius 3 is 2.02 bits per heavy atom. The third-order valence-corrected chi connectivity index (χ3v) is 7.08. The van der Waals surface area contributed by atoms with Gasteiger partial charge in [0.25, 0.3) is 10.1 Å². The van der Waals surface area contributed by atoms with E-state index in [1.807, 2.05) is 87.5 Å². The van der Waals surface area contributed by atoms with Gasteiger partial charge in [0.2, 0.25) is 0 Å². The van der Waals surface area contributed by atoms with E-state index >= 15 is 0 Å². The fourth-order valence-electron chi connectivity index (χ4n) is 3.47. The van der Waals surface area contributed by atoms with Crippen LogP contribution in [0.15, 0.2) is 77.7 Å². The van der Waals surface area contributed by atoms with E-state index in [0.29, 0.717) is 17.7 Å². The number of nitriles is 1. The number of hydrogen-bond acceptors (Lipinski definition) is 7. The number of rotatable bonds is 10. The van der Waals surface area contributed by atoms with Gasteiger partial charge < -0.3 is 9.47 Å². The summed E-state index contributed by atoms with van der Waals surface area (Å²) in [5.74, 6) is 0.661. The molecule has 0 aliphatic carbocycles. The van der Waals surface area contributed by atoms with Crippen LogP contribution in [0.2, 0.25) is 0 Å². The average molecular weight is 563 g/mol. The van der Waals surface area contributed by atoms with Gasteiger partial charge in [-0.25, -0.2) is 4.79 Å². The van der Waals surface area contributed by atoms with E-state index in [9.17, 15) is 13.2 Å². The Balaban J connectivity index is 1.47. The van der Waals surface area contributed by atoms with Crippen molar-refractivity contribution in [3.8, 4) is 11.8 Å². The smallest absolute Gasteiger partial charge is 0.414 e. The van der Waals surface area contributed by atoms with Crippen molar-refractivity contribution in [3.63, 3.8) is 0 Å². The van der Waals surface area contributed by atoms with Crippen LogP contribution in [-0.4, -0.2) is 39.9 Å². The van der Waals surface area contributed by atoms with Crippen molar-refractivity contribution in [2.24, 2.45) is 0 Å². The zero-order valence-corrected chi connectivity index (χ0v) is 24.1. The molecule has 3 rings (SSSR count). The predicted molar refractivity (Wildman–Crippen MR) is 155 cm³/mol. The second-order valence-corrected chi connectivity index (χ2v) is 11.7. The van der Waals surface area contributed by atoms with Gasteiger partial charge in [-0.3, -0.25) is 9.08 Å². The summed E-state index contributed by atoms with van der Waals surface area (Å²) < 4.78 is 41.3. The lowest BCUT2D eigenvalue weighted by atomic mass is 10.1. The van der Waals surface area contributed by atoms with Crippen LogP contribution in [0, 0.1) is 11.3 Å². The maximum absolute atomic E-state index is 12.4. The van der Waals surface area contributed by atoms with Crippen LogP contribution in [0.4, 0.5) is 10.5 Å². The van der Waals surface area contributed by atoms with E-state index in [2.05, 4.69) is 0 Å². The number of carbonyl (C=O) groups excluding carboxylic acids is 1. The standard InChI is InChI=1S/C31H34N2O6S/c1-23(39-40(35,36)29-18-12-26(22-32)13-19-29)20-21-37-28-16-10-25(11-17-28)7-6-24-8-14-27(15-9-24)33(5)30(34)38-31(2,3)4/h6-19,23H,20-21H2,1-5H3/b7-6+. The number of amides is 1. The number of hydrogen-bond donors (Lipinski definition) is 0. The van der Waals surface area contributed by atoms with Crippen LogP contribution >= 0.6 is 0 Å². The summed E-state index contributed by atoms with van der Waals surface area (Å²) in [7, 11) is -2.25. The summed E-state index contributed by atoms with van der Waals surface area (Å²) in [6.07, 6.45) is 3.32. The molecule has 0 aromatic heterocycles. The molecule has 210 valence electrons. The third kappa shape index (κ3) is 9.26. The lowest BCUT2D eigenvalue weighted by Gasteiger charge is -2.24. The van der Waals surface area contributed by atoms with E-state index in [0.717, 1.165) is 16.8 Å². The van der Waals surface area contributed by atoms with E-state index in [1.54, 1.807) is 14.0 Å². The summed E-state index contributed by atoms with van der Waals surface area (Å²) >= 11 is 0. The van der Waals surface area contributed by atoms with Gasteiger partial charge in [-0.1, -0.05) is 36.4 Å². The maximum Gasteiger partial charge on any atom is 0.414 e. The number of carbonyl (C=O) groups is 1. The lowest BCUT2D eigenvalue weighted by Crippen LogP contribution is -2.34. The minimum Gasteiger partial charge on any atom is -0.493 e. The molecule has 0 radical (unpaired) electrons. The van der Waals surface area contributed by atoms with Crippen LogP contribution < -0.4 is 9.64 Å². The van der Waals surface area contributed by atoms with Crippen LogP contribution in [0.5, 0.6) is 5.75 Å². The first-order chi connectivity index (χ1) is 18.9. The first-order valence-electron chi connectivity index (χ1n) is 12.8. The molecule has 8 nitrogen and oxygen atoms in total. The molecule has 0 heterocycles. The van der Waals surface area contributed by atoms with Crippen molar-refractivity contribution >= 4 is 34.1 Å². The first kappa shape index (κ1) is 30.4. The zero-order valence-electron chi connectivity index (χ0n) is 23.3. The predicted octanol–water partition coefficient (Wildman–Crippen LogP) is 6.66. The fraction of sp³-hybridized carbons (Fsp3) is 0.290. The van der Waals surface area contributed by atoms with Crippen molar-refractivity contribution in [1.82, 2.24) is 0 Å². The molecule has 0 saturated carbocycles. The number of ether oxygens (including phenoxy) is 2. The summed E-state index contributed by atoms with van der Waals surface area (Å²) in [5, 5.41) is 8.86. The number of benzene rings is 3. The largest absolute Gasteiger partial charge is 0.493 e. The molecule has 1 atom stereocenters. The quantitative estimate of drug-likeness (QED) is 0.201. The van der Waals surface area contributed by atoms with E-state index in [1.165, 1.54) is 29.2 Å². The van der Waals surface area contributed by atoms with Gasteiger partial charge >= 0.3 is 6.09 Å². The molecule has 0 bridgehead atoms. The van der Waals surface area contributed by atoms with Crippen molar-refractivity contribution in [2.45, 2.75) is 50.7 Å². The van der Waals surface area contributed by atoms with Crippen molar-refractivity contribution in [3.05, 3.63) is 89.5 Å². The monoisotopic (exact) mass is 562 g/mol. The van der Waals surface area contributed by atoms with Crippen LogP contribution in [0.25, 0.3) is 12.2 Å². The van der Waals surface area contributed by atoms with Crippen LogP contribution in [0.1, 0.15) is 50.8 Å². The molecule has 9 heteroatoms. The highest BCUT2D eigenvalue weighted by Gasteiger charge is 2.21. The van der Waals surface area contributed by atoms with Crippen LogP contribution in [0.3, 0.4) is 0 Å². The van der Waals surface area contributed by atoms with Gasteiger partial charge in [0.05, 0.1) is 29.2 Å². The first-order valence-corrected chi connectivity index (χ1v) is 14.2. The lowest BCUT2D eigenvalue weighted by molar-refractivity contribution is 0.0589. The molecule has 0 N–H and O–H groups in total. The van der Waals surface area contributed by atoms with E-state index in [-0.39, 0.29) is 11.5 Å².